The van der Waals surface area contributed by atoms with Crippen LogP contribution in [0.4, 0.5) is 5.69 Å². The van der Waals surface area contributed by atoms with E-state index in [0.29, 0.717) is 56.5 Å². The van der Waals surface area contributed by atoms with Crippen LogP contribution in [-0.2, 0) is 29.6 Å². The Kier molecular flexibility index (Phi) is 8.62. The molecule has 0 atom stereocenters. The Morgan fingerprint density at radius 1 is 0.829 bits per heavy atom. The van der Waals surface area contributed by atoms with E-state index in [4.69, 9.17) is 4.74 Å². The largest absolute Gasteiger partial charge is 0.379 e. The molecule has 41 heavy (non-hydrogen) atoms. The first-order valence-corrected chi connectivity index (χ1v) is 17.1. The van der Waals surface area contributed by atoms with Gasteiger partial charge in [0, 0.05) is 30.9 Å². The summed E-state index contributed by atoms with van der Waals surface area (Å²) in [5, 5.41) is 2.86. The lowest BCUT2D eigenvalue weighted by Crippen LogP contribution is -2.59. The molecule has 12 heteroatoms. The molecular weight excluding hydrogens is 564 g/mol. The molecule has 0 radical (unpaired) electrons. The molecule has 3 aliphatic heterocycles. The third-order valence-electron chi connectivity index (χ3n) is 8.76. The summed E-state index contributed by atoms with van der Waals surface area (Å²) >= 11 is 0. The molecule has 0 saturated carbocycles. The molecule has 10 nitrogen and oxygen atoms in total. The molecule has 0 aliphatic carbocycles. The number of morpholine rings is 1. The van der Waals surface area contributed by atoms with Crippen LogP contribution in [0, 0.1) is 5.41 Å². The molecule has 1 N–H and O–H groups in total. The Hall–Kier alpha value is -2.35. The van der Waals surface area contributed by atoms with Gasteiger partial charge in [-0.1, -0.05) is 24.3 Å². The highest BCUT2D eigenvalue weighted by Gasteiger charge is 2.49. The molecule has 1 spiro atoms. The monoisotopic (exact) mass is 604 g/mol. The molecule has 5 rings (SSSR count). The summed E-state index contributed by atoms with van der Waals surface area (Å²) in [6.45, 7) is 7.40. The number of piperidine rings is 2. The number of rotatable bonds is 7. The van der Waals surface area contributed by atoms with Crippen LogP contribution >= 0.6 is 0 Å². The molecule has 2 aromatic carbocycles. The van der Waals surface area contributed by atoms with Gasteiger partial charge in [0.15, 0.2) is 0 Å². The van der Waals surface area contributed by atoms with Gasteiger partial charge >= 0.3 is 0 Å². The Balaban J connectivity index is 1.19. The first-order valence-electron chi connectivity index (χ1n) is 14.2. The molecule has 0 unspecified atom stereocenters. The van der Waals surface area contributed by atoms with Crippen molar-refractivity contribution in [2.24, 2.45) is 5.41 Å². The SMILES string of the molecule is CC1(C)CCC2(CCN(CC(=O)Nc3cccc(S(=O)(=O)N4CCOCC4)c3)CC2)CN1S(=O)(=O)c1ccccc1. The number of benzene rings is 2. The summed E-state index contributed by atoms with van der Waals surface area (Å²) in [6, 6.07) is 15.0. The number of nitrogens with one attached hydrogen (secondary N) is 1. The van der Waals surface area contributed by atoms with Crippen molar-refractivity contribution in [3.8, 4) is 0 Å². The summed E-state index contributed by atoms with van der Waals surface area (Å²) in [4.78, 5) is 15.5. The predicted molar refractivity (Wildman–Crippen MR) is 156 cm³/mol. The van der Waals surface area contributed by atoms with Crippen molar-refractivity contribution in [3.63, 3.8) is 0 Å². The molecule has 224 valence electrons. The Morgan fingerprint density at radius 3 is 2.17 bits per heavy atom. The highest BCUT2D eigenvalue weighted by atomic mass is 32.2. The van der Waals surface area contributed by atoms with Crippen molar-refractivity contribution < 1.29 is 26.4 Å². The van der Waals surface area contributed by atoms with E-state index < -0.39 is 25.6 Å². The average molecular weight is 605 g/mol. The van der Waals surface area contributed by atoms with Crippen LogP contribution in [0.5, 0.6) is 0 Å². The van der Waals surface area contributed by atoms with Gasteiger partial charge in [0.05, 0.1) is 29.5 Å². The minimum atomic E-state index is -3.66. The van der Waals surface area contributed by atoms with E-state index in [9.17, 15) is 21.6 Å². The van der Waals surface area contributed by atoms with Crippen LogP contribution in [0.2, 0.25) is 0 Å². The molecule has 2 aromatic rings. The molecular formula is C29H40N4O6S2. The number of amides is 1. The molecule has 0 bridgehead atoms. The number of hydrogen-bond acceptors (Lipinski definition) is 7. The van der Waals surface area contributed by atoms with Gasteiger partial charge in [0.1, 0.15) is 0 Å². The van der Waals surface area contributed by atoms with Gasteiger partial charge in [-0.3, -0.25) is 9.69 Å². The van der Waals surface area contributed by atoms with Crippen LogP contribution in [-0.4, -0.2) is 94.3 Å². The number of sulfonamides is 2. The molecule has 1 amide bonds. The van der Waals surface area contributed by atoms with Crippen molar-refractivity contribution in [1.29, 1.82) is 0 Å². The number of likely N-dealkylation sites (tertiary alicyclic amines) is 1. The summed E-state index contributed by atoms with van der Waals surface area (Å²) in [7, 11) is -7.29. The quantitative estimate of drug-likeness (QED) is 0.517. The lowest BCUT2D eigenvalue weighted by Gasteiger charge is -2.53. The number of nitrogens with zero attached hydrogens (tertiary/aromatic N) is 3. The molecule has 0 aromatic heterocycles. The van der Waals surface area contributed by atoms with Gasteiger partial charge in [0.25, 0.3) is 0 Å². The van der Waals surface area contributed by atoms with Gasteiger partial charge in [0.2, 0.25) is 26.0 Å². The zero-order valence-electron chi connectivity index (χ0n) is 23.8. The van der Waals surface area contributed by atoms with Gasteiger partial charge in [-0.15, -0.1) is 0 Å². The second kappa shape index (κ2) is 11.7. The van der Waals surface area contributed by atoms with Crippen molar-refractivity contribution >= 4 is 31.6 Å². The Bertz CT molecular complexity index is 1450. The maximum Gasteiger partial charge on any atom is 0.243 e. The minimum Gasteiger partial charge on any atom is -0.379 e. The van der Waals surface area contributed by atoms with Crippen LogP contribution in [0.3, 0.4) is 0 Å². The fourth-order valence-electron chi connectivity index (χ4n) is 6.09. The third-order valence-corrected chi connectivity index (χ3v) is 12.7. The number of ether oxygens (including phenoxy) is 1. The summed E-state index contributed by atoms with van der Waals surface area (Å²) < 4.78 is 61.6. The normalized spacial score (nSPS) is 22.4. The number of carbonyl (C=O) groups is 1. The average Bonchev–Trinajstić information content (AvgIpc) is 2.97. The first-order chi connectivity index (χ1) is 19.4. The highest BCUT2D eigenvalue weighted by Crippen LogP contribution is 2.46. The molecule has 3 aliphatic rings. The lowest BCUT2D eigenvalue weighted by molar-refractivity contribution is -0.118. The van der Waals surface area contributed by atoms with Crippen molar-refractivity contribution in [1.82, 2.24) is 13.5 Å². The lowest BCUT2D eigenvalue weighted by atomic mass is 9.69. The zero-order valence-corrected chi connectivity index (χ0v) is 25.4. The van der Waals surface area contributed by atoms with Crippen molar-refractivity contribution in [2.45, 2.75) is 54.9 Å². The molecule has 3 fully saturated rings. The zero-order chi connectivity index (χ0) is 29.3. The second-order valence-corrected chi connectivity index (χ2v) is 15.8. The number of anilines is 1. The van der Waals surface area contributed by atoms with Crippen molar-refractivity contribution in [3.05, 3.63) is 54.6 Å². The van der Waals surface area contributed by atoms with E-state index in [2.05, 4.69) is 10.2 Å². The second-order valence-electron chi connectivity index (χ2n) is 12.0. The van der Waals surface area contributed by atoms with E-state index in [1.807, 2.05) is 19.9 Å². The number of hydrogen-bond donors (Lipinski definition) is 1. The smallest absolute Gasteiger partial charge is 0.243 e. The molecule has 3 saturated heterocycles. The van der Waals surface area contributed by atoms with E-state index in [0.717, 1.165) is 25.7 Å². The highest BCUT2D eigenvalue weighted by molar-refractivity contribution is 7.89. The van der Waals surface area contributed by atoms with Crippen LogP contribution in [0.25, 0.3) is 0 Å². The summed E-state index contributed by atoms with van der Waals surface area (Å²) in [5.74, 6) is -0.208. The fraction of sp³-hybridized carbons (Fsp3) is 0.552. The minimum absolute atomic E-state index is 0.119. The molecule has 3 heterocycles. The van der Waals surface area contributed by atoms with Crippen LogP contribution < -0.4 is 5.32 Å². The van der Waals surface area contributed by atoms with Crippen molar-refractivity contribution in [2.75, 3.05) is 57.8 Å². The van der Waals surface area contributed by atoms with E-state index in [1.165, 1.54) is 16.4 Å². The van der Waals surface area contributed by atoms with E-state index >= 15 is 0 Å². The van der Waals surface area contributed by atoms with Gasteiger partial charge < -0.3 is 10.1 Å². The topological polar surface area (TPSA) is 116 Å². The first kappa shape index (κ1) is 30.1. The summed E-state index contributed by atoms with van der Waals surface area (Å²) in [5.41, 5.74) is -0.151. The predicted octanol–water partition coefficient (Wildman–Crippen LogP) is 2.99. The maximum absolute atomic E-state index is 13.6. The van der Waals surface area contributed by atoms with Crippen LogP contribution in [0.1, 0.15) is 39.5 Å². The van der Waals surface area contributed by atoms with Gasteiger partial charge in [-0.05, 0) is 88.4 Å². The Labute approximate surface area is 243 Å². The van der Waals surface area contributed by atoms with Gasteiger partial charge in [-0.25, -0.2) is 16.8 Å². The van der Waals surface area contributed by atoms with E-state index in [1.54, 1.807) is 40.7 Å². The standard InChI is InChI=1S/C29H40N4O6S2/c1-28(2)11-12-29(23-33(28)41(37,38)25-8-4-3-5-9-25)13-15-31(16-14-29)22-27(34)30-24-7-6-10-26(21-24)40(35,36)32-17-19-39-20-18-32/h3-10,21H,11-20,22-23H2,1-2H3,(H,30,34). The fourth-order valence-corrected chi connectivity index (χ4v) is 9.49. The van der Waals surface area contributed by atoms with Gasteiger partial charge in [-0.2, -0.15) is 8.61 Å². The van der Waals surface area contributed by atoms with Crippen LogP contribution in [0.15, 0.2) is 64.4 Å². The maximum atomic E-state index is 13.6. The van der Waals surface area contributed by atoms with E-state index in [-0.39, 0.29) is 22.8 Å². The summed E-state index contributed by atoms with van der Waals surface area (Å²) in [6.07, 6.45) is 3.35. The third kappa shape index (κ3) is 6.52. The number of carbonyl (C=O) groups excluding carboxylic acids is 1. The Morgan fingerprint density at radius 2 is 1.49 bits per heavy atom.